The second-order valence-corrected chi connectivity index (χ2v) is 5.40. The molecular weight excluding hydrogens is 253 g/mol. The predicted octanol–water partition coefficient (Wildman–Crippen LogP) is 3.35. The Kier molecular flexibility index (Phi) is 3.83. The average molecular weight is 273 g/mol. The van der Waals surface area contributed by atoms with Gasteiger partial charge in [0.05, 0.1) is 5.69 Å². The lowest BCUT2D eigenvalue weighted by Gasteiger charge is -2.12. The first-order valence-corrected chi connectivity index (χ1v) is 7.32. The zero-order valence-corrected chi connectivity index (χ0v) is 11.8. The van der Waals surface area contributed by atoms with Crippen molar-refractivity contribution in [2.75, 3.05) is 0 Å². The minimum atomic E-state index is -0.178. The Balaban J connectivity index is 1.91. The molecule has 1 saturated carbocycles. The van der Waals surface area contributed by atoms with Gasteiger partial charge in [0.25, 0.3) is 0 Å². The first-order chi connectivity index (χ1) is 9.78. The zero-order chi connectivity index (χ0) is 13.9. The van der Waals surface area contributed by atoms with Crippen LogP contribution in [0.1, 0.15) is 31.7 Å². The number of aryl methyl sites for hydroxylation is 1. The summed E-state index contributed by atoms with van der Waals surface area (Å²) in [5.41, 5.74) is 3.15. The van der Waals surface area contributed by atoms with E-state index in [-0.39, 0.29) is 5.82 Å². The molecule has 0 bridgehead atoms. The van der Waals surface area contributed by atoms with Crippen molar-refractivity contribution in [2.24, 2.45) is 0 Å². The summed E-state index contributed by atoms with van der Waals surface area (Å²) in [6, 6.07) is 7.64. The SMILES string of the molecule is CCCn1nccc1-c1ccc(F)cc1CNC1CC1. The summed E-state index contributed by atoms with van der Waals surface area (Å²) in [5.74, 6) is -0.178. The molecule has 0 amide bonds. The van der Waals surface area contributed by atoms with Gasteiger partial charge >= 0.3 is 0 Å². The van der Waals surface area contributed by atoms with Crippen LogP contribution in [-0.4, -0.2) is 15.8 Å². The Morgan fingerprint density at radius 3 is 2.95 bits per heavy atom. The second kappa shape index (κ2) is 5.75. The van der Waals surface area contributed by atoms with E-state index in [1.165, 1.54) is 18.9 Å². The van der Waals surface area contributed by atoms with Crippen LogP contribution in [0.25, 0.3) is 11.3 Å². The number of nitrogens with one attached hydrogen (secondary N) is 1. The molecule has 0 aliphatic heterocycles. The molecular formula is C16H20FN3. The number of aromatic nitrogens is 2. The molecule has 2 aromatic rings. The Bertz CT molecular complexity index is 587. The number of rotatable bonds is 6. The van der Waals surface area contributed by atoms with Gasteiger partial charge in [0.15, 0.2) is 0 Å². The molecule has 0 atom stereocenters. The smallest absolute Gasteiger partial charge is 0.123 e. The zero-order valence-electron chi connectivity index (χ0n) is 11.8. The second-order valence-electron chi connectivity index (χ2n) is 5.40. The predicted molar refractivity (Wildman–Crippen MR) is 77.8 cm³/mol. The molecule has 1 N–H and O–H groups in total. The molecule has 0 radical (unpaired) electrons. The number of benzene rings is 1. The standard InChI is InChI=1S/C16H20FN3/c1-2-9-20-16(7-8-19-20)15-6-3-13(17)10-12(15)11-18-14-4-5-14/h3,6-8,10,14,18H,2,4-5,9,11H2,1H3. The monoisotopic (exact) mass is 273 g/mol. The van der Waals surface area contributed by atoms with Gasteiger partial charge in [-0.25, -0.2) is 4.39 Å². The molecule has 1 aromatic carbocycles. The van der Waals surface area contributed by atoms with Gasteiger partial charge in [-0.05, 0) is 49.1 Å². The van der Waals surface area contributed by atoms with Crippen molar-refractivity contribution >= 4 is 0 Å². The van der Waals surface area contributed by atoms with Gasteiger partial charge in [0.2, 0.25) is 0 Å². The van der Waals surface area contributed by atoms with Gasteiger partial charge < -0.3 is 5.32 Å². The minimum Gasteiger partial charge on any atom is -0.310 e. The normalized spacial score (nSPS) is 14.7. The van der Waals surface area contributed by atoms with Crippen LogP contribution < -0.4 is 5.32 Å². The van der Waals surface area contributed by atoms with Crippen LogP contribution in [0.2, 0.25) is 0 Å². The van der Waals surface area contributed by atoms with Crippen LogP contribution in [0.4, 0.5) is 4.39 Å². The summed E-state index contributed by atoms with van der Waals surface area (Å²) in [6.07, 6.45) is 5.31. The fourth-order valence-electron chi connectivity index (χ4n) is 2.45. The quantitative estimate of drug-likeness (QED) is 0.874. The maximum Gasteiger partial charge on any atom is 0.123 e. The van der Waals surface area contributed by atoms with Gasteiger partial charge in [-0.3, -0.25) is 4.68 Å². The summed E-state index contributed by atoms with van der Waals surface area (Å²) in [6.45, 7) is 3.73. The number of hydrogen-bond acceptors (Lipinski definition) is 2. The number of nitrogens with zero attached hydrogens (tertiary/aromatic N) is 2. The molecule has 1 fully saturated rings. The summed E-state index contributed by atoms with van der Waals surface area (Å²) in [4.78, 5) is 0. The van der Waals surface area contributed by atoms with Gasteiger partial charge in [0, 0.05) is 30.9 Å². The molecule has 1 aromatic heterocycles. The molecule has 106 valence electrons. The topological polar surface area (TPSA) is 29.9 Å². The Morgan fingerprint density at radius 1 is 1.35 bits per heavy atom. The first-order valence-electron chi connectivity index (χ1n) is 7.32. The Morgan fingerprint density at radius 2 is 2.20 bits per heavy atom. The molecule has 1 aliphatic rings. The van der Waals surface area contributed by atoms with Crippen molar-refractivity contribution in [3.63, 3.8) is 0 Å². The van der Waals surface area contributed by atoms with Crippen molar-refractivity contribution in [3.8, 4) is 11.3 Å². The summed E-state index contributed by atoms with van der Waals surface area (Å²) >= 11 is 0. The highest BCUT2D eigenvalue weighted by Crippen LogP contribution is 2.26. The molecule has 0 unspecified atom stereocenters. The lowest BCUT2D eigenvalue weighted by atomic mass is 10.0. The average Bonchev–Trinajstić information content (AvgIpc) is 3.16. The van der Waals surface area contributed by atoms with E-state index >= 15 is 0 Å². The van der Waals surface area contributed by atoms with E-state index in [1.807, 2.05) is 23.0 Å². The van der Waals surface area contributed by atoms with E-state index in [0.29, 0.717) is 6.04 Å². The third-order valence-electron chi connectivity index (χ3n) is 3.65. The maximum atomic E-state index is 13.5. The Hall–Kier alpha value is -1.68. The lowest BCUT2D eigenvalue weighted by molar-refractivity contribution is 0.605. The highest BCUT2D eigenvalue weighted by molar-refractivity contribution is 5.64. The fraction of sp³-hybridized carbons (Fsp3) is 0.438. The Labute approximate surface area is 118 Å². The molecule has 1 heterocycles. The van der Waals surface area contributed by atoms with Crippen molar-refractivity contribution in [3.05, 3.63) is 41.8 Å². The third-order valence-corrected chi connectivity index (χ3v) is 3.65. The van der Waals surface area contributed by atoms with Crippen LogP contribution in [0.15, 0.2) is 30.5 Å². The summed E-state index contributed by atoms with van der Waals surface area (Å²) in [7, 11) is 0. The van der Waals surface area contributed by atoms with E-state index in [9.17, 15) is 4.39 Å². The minimum absolute atomic E-state index is 0.178. The summed E-state index contributed by atoms with van der Waals surface area (Å²) in [5, 5.41) is 7.81. The number of hydrogen-bond donors (Lipinski definition) is 1. The van der Waals surface area contributed by atoms with E-state index in [4.69, 9.17) is 0 Å². The third kappa shape index (κ3) is 2.90. The first kappa shape index (κ1) is 13.3. The van der Waals surface area contributed by atoms with Crippen LogP contribution in [-0.2, 0) is 13.1 Å². The van der Waals surface area contributed by atoms with Gasteiger partial charge in [-0.2, -0.15) is 5.10 Å². The van der Waals surface area contributed by atoms with E-state index < -0.39 is 0 Å². The largest absolute Gasteiger partial charge is 0.310 e. The van der Waals surface area contributed by atoms with Crippen molar-refractivity contribution in [2.45, 2.75) is 45.3 Å². The molecule has 3 rings (SSSR count). The van der Waals surface area contributed by atoms with Crippen LogP contribution in [0.5, 0.6) is 0 Å². The van der Waals surface area contributed by atoms with E-state index in [1.54, 1.807) is 6.07 Å². The summed E-state index contributed by atoms with van der Waals surface area (Å²) < 4.78 is 15.5. The van der Waals surface area contributed by atoms with E-state index in [0.717, 1.165) is 36.3 Å². The van der Waals surface area contributed by atoms with Gasteiger partial charge in [-0.1, -0.05) is 6.92 Å². The van der Waals surface area contributed by atoms with Crippen molar-refractivity contribution < 1.29 is 4.39 Å². The van der Waals surface area contributed by atoms with Crippen molar-refractivity contribution in [1.82, 2.24) is 15.1 Å². The highest BCUT2D eigenvalue weighted by Gasteiger charge is 2.21. The lowest BCUT2D eigenvalue weighted by Crippen LogP contribution is -2.16. The van der Waals surface area contributed by atoms with Crippen LogP contribution in [0.3, 0.4) is 0 Å². The molecule has 4 heteroatoms. The molecule has 1 aliphatic carbocycles. The molecule has 0 saturated heterocycles. The molecule has 20 heavy (non-hydrogen) atoms. The highest BCUT2D eigenvalue weighted by atomic mass is 19.1. The van der Waals surface area contributed by atoms with Gasteiger partial charge in [-0.15, -0.1) is 0 Å². The van der Waals surface area contributed by atoms with Gasteiger partial charge in [0.1, 0.15) is 5.82 Å². The molecule has 0 spiro atoms. The van der Waals surface area contributed by atoms with Crippen LogP contribution in [0, 0.1) is 5.82 Å². The van der Waals surface area contributed by atoms with E-state index in [2.05, 4.69) is 17.3 Å². The fourth-order valence-corrected chi connectivity index (χ4v) is 2.45. The maximum absolute atomic E-state index is 13.5. The number of halogens is 1. The van der Waals surface area contributed by atoms with Crippen molar-refractivity contribution in [1.29, 1.82) is 0 Å². The van der Waals surface area contributed by atoms with Crippen LogP contribution >= 0.6 is 0 Å². The molecule has 3 nitrogen and oxygen atoms in total.